The zero-order chi connectivity index (χ0) is 15.6. The number of carbonyl (C=O) groups is 2. The number of phenols is 1. The number of benzene rings is 2. The van der Waals surface area contributed by atoms with Gasteiger partial charge in [-0.1, -0.05) is 31.9 Å². The van der Waals surface area contributed by atoms with Crippen molar-refractivity contribution in [2.75, 3.05) is 5.32 Å². The number of anilines is 1. The monoisotopic (exact) mass is 413 g/mol. The molecule has 0 aliphatic heterocycles. The quantitative estimate of drug-likeness (QED) is 0.665. The third-order valence-electron chi connectivity index (χ3n) is 2.61. The molecule has 108 valence electrons. The molecule has 0 atom stereocenters. The SMILES string of the molecule is O=C(Nc1ccc(O)cc1C(=O)O)c1cc(Br)cc(Br)c1. The molecule has 0 fully saturated rings. The van der Waals surface area contributed by atoms with E-state index in [1.54, 1.807) is 18.2 Å². The molecule has 0 bridgehead atoms. The first-order chi connectivity index (χ1) is 9.86. The van der Waals surface area contributed by atoms with E-state index >= 15 is 0 Å². The smallest absolute Gasteiger partial charge is 0.337 e. The average Bonchev–Trinajstić information content (AvgIpc) is 2.39. The molecule has 0 aromatic heterocycles. The number of aromatic carboxylic acids is 1. The predicted molar refractivity (Wildman–Crippen MR) is 84.9 cm³/mol. The van der Waals surface area contributed by atoms with Crippen LogP contribution in [0.2, 0.25) is 0 Å². The van der Waals surface area contributed by atoms with Gasteiger partial charge in [0.15, 0.2) is 0 Å². The standard InChI is InChI=1S/C14H9Br2NO4/c15-8-3-7(4-9(16)5-8)13(19)17-12-2-1-10(18)6-11(12)14(20)21/h1-6,18H,(H,17,19)(H,20,21). The van der Waals surface area contributed by atoms with Gasteiger partial charge in [0.2, 0.25) is 0 Å². The van der Waals surface area contributed by atoms with Gasteiger partial charge in [-0.25, -0.2) is 4.79 Å². The van der Waals surface area contributed by atoms with Gasteiger partial charge in [0.1, 0.15) is 5.75 Å². The largest absolute Gasteiger partial charge is 0.508 e. The number of hydrogen-bond donors (Lipinski definition) is 3. The lowest BCUT2D eigenvalue weighted by Crippen LogP contribution is -2.14. The molecule has 0 aliphatic carbocycles. The Labute approximate surface area is 136 Å². The number of amides is 1. The van der Waals surface area contributed by atoms with Crippen LogP contribution in [0, 0.1) is 0 Å². The second-order valence-corrected chi connectivity index (χ2v) is 5.98. The number of phenolic OH excluding ortho intramolecular Hbond substituents is 1. The molecule has 5 nitrogen and oxygen atoms in total. The number of carboxylic acid groups (broad SMARTS) is 1. The van der Waals surface area contributed by atoms with Gasteiger partial charge in [-0.05, 0) is 36.4 Å². The maximum absolute atomic E-state index is 12.2. The van der Waals surface area contributed by atoms with Crippen molar-refractivity contribution in [1.82, 2.24) is 0 Å². The van der Waals surface area contributed by atoms with Crippen molar-refractivity contribution >= 4 is 49.4 Å². The summed E-state index contributed by atoms with van der Waals surface area (Å²) in [7, 11) is 0. The molecule has 0 spiro atoms. The van der Waals surface area contributed by atoms with E-state index in [-0.39, 0.29) is 17.0 Å². The van der Waals surface area contributed by atoms with E-state index in [0.29, 0.717) is 14.5 Å². The highest BCUT2D eigenvalue weighted by atomic mass is 79.9. The molecule has 0 radical (unpaired) electrons. The molecule has 3 N–H and O–H groups in total. The number of hydrogen-bond acceptors (Lipinski definition) is 3. The zero-order valence-corrected chi connectivity index (χ0v) is 13.6. The molecule has 2 aromatic carbocycles. The van der Waals surface area contributed by atoms with Crippen molar-refractivity contribution in [3.8, 4) is 5.75 Å². The molecule has 0 saturated heterocycles. The van der Waals surface area contributed by atoms with E-state index < -0.39 is 11.9 Å². The summed E-state index contributed by atoms with van der Waals surface area (Å²) in [4.78, 5) is 23.3. The lowest BCUT2D eigenvalue weighted by Gasteiger charge is -2.09. The molecule has 0 aliphatic rings. The molecule has 2 rings (SSSR count). The summed E-state index contributed by atoms with van der Waals surface area (Å²) in [6, 6.07) is 8.72. The summed E-state index contributed by atoms with van der Waals surface area (Å²) in [6.07, 6.45) is 0. The van der Waals surface area contributed by atoms with Crippen molar-refractivity contribution in [1.29, 1.82) is 0 Å². The van der Waals surface area contributed by atoms with E-state index in [1.165, 1.54) is 12.1 Å². The second-order valence-electron chi connectivity index (χ2n) is 4.15. The van der Waals surface area contributed by atoms with E-state index in [1.807, 2.05) is 0 Å². The molecule has 7 heteroatoms. The van der Waals surface area contributed by atoms with E-state index in [4.69, 9.17) is 5.11 Å². The number of carboxylic acids is 1. The molecule has 21 heavy (non-hydrogen) atoms. The molecular formula is C14H9Br2NO4. The average molecular weight is 415 g/mol. The Bertz CT molecular complexity index is 711. The van der Waals surface area contributed by atoms with Gasteiger partial charge in [0.25, 0.3) is 5.91 Å². The number of halogens is 2. The minimum absolute atomic E-state index is 0.112. The Hall–Kier alpha value is -1.86. The van der Waals surface area contributed by atoms with Crippen LogP contribution in [0.5, 0.6) is 5.75 Å². The molecule has 0 unspecified atom stereocenters. The fourth-order valence-electron chi connectivity index (χ4n) is 1.70. The number of nitrogens with one attached hydrogen (secondary N) is 1. The van der Waals surface area contributed by atoms with Crippen LogP contribution in [0.3, 0.4) is 0 Å². The summed E-state index contributed by atoms with van der Waals surface area (Å²) in [6.45, 7) is 0. The zero-order valence-electron chi connectivity index (χ0n) is 10.4. The predicted octanol–water partition coefficient (Wildman–Crippen LogP) is 3.87. The number of rotatable bonds is 3. The van der Waals surface area contributed by atoms with Gasteiger partial charge in [-0.3, -0.25) is 4.79 Å². The topological polar surface area (TPSA) is 86.6 Å². The highest BCUT2D eigenvalue weighted by molar-refractivity contribution is 9.11. The minimum Gasteiger partial charge on any atom is -0.508 e. The number of carbonyl (C=O) groups excluding carboxylic acids is 1. The van der Waals surface area contributed by atoms with Crippen molar-refractivity contribution in [3.05, 3.63) is 56.5 Å². The molecule has 1 amide bonds. The van der Waals surface area contributed by atoms with Gasteiger partial charge in [0.05, 0.1) is 11.3 Å². The van der Waals surface area contributed by atoms with Crippen molar-refractivity contribution < 1.29 is 19.8 Å². The van der Waals surface area contributed by atoms with Crippen molar-refractivity contribution in [2.45, 2.75) is 0 Å². The lowest BCUT2D eigenvalue weighted by molar-refractivity contribution is 0.0697. The Morgan fingerprint density at radius 3 is 2.19 bits per heavy atom. The van der Waals surface area contributed by atoms with Crippen LogP contribution in [0.25, 0.3) is 0 Å². The third kappa shape index (κ3) is 3.83. The van der Waals surface area contributed by atoms with Gasteiger partial charge < -0.3 is 15.5 Å². The lowest BCUT2D eigenvalue weighted by atomic mass is 10.1. The van der Waals surface area contributed by atoms with Gasteiger partial charge >= 0.3 is 5.97 Å². The fraction of sp³-hybridized carbons (Fsp3) is 0. The van der Waals surface area contributed by atoms with Crippen LogP contribution >= 0.6 is 31.9 Å². The summed E-state index contributed by atoms with van der Waals surface area (Å²) >= 11 is 6.55. The first-order valence-electron chi connectivity index (χ1n) is 5.70. The van der Waals surface area contributed by atoms with E-state index in [0.717, 1.165) is 6.07 Å². The molecular weight excluding hydrogens is 406 g/mol. The van der Waals surface area contributed by atoms with Crippen LogP contribution < -0.4 is 5.32 Å². The fourth-order valence-corrected chi connectivity index (χ4v) is 2.99. The Balaban J connectivity index is 2.33. The van der Waals surface area contributed by atoms with E-state index in [9.17, 15) is 14.7 Å². The Morgan fingerprint density at radius 2 is 1.62 bits per heavy atom. The molecule has 0 saturated carbocycles. The third-order valence-corrected chi connectivity index (χ3v) is 3.52. The molecule has 2 aromatic rings. The highest BCUT2D eigenvalue weighted by Gasteiger charge is 2.15. The van der Waals surface area contributed by atoms with Crippen molar-refractivity contribution in [2.24, 2.45) is 0 Å². The van der Waals surface area contributed by atoms with Crippen LogP contribution in [0.4, 0.5) is 5.69 Å². The maximum atomic E-state index is 12.2. The first kappa shape index (κ1) is 15.5. The normalized spacial score (nSPS) is 10.2. The minimum atomic E-state index is -1.24. The van der Waals surface area contributed by atoms with Crippen LogP contribution in [0.1, 0.15) is 20.7 Å². The Kier molecular flexibility index (Phi) is 4.64. The maximum Gasteiger partial charge on any atom is 0.337 e. The molecule has 0 heterocycles. The van der Waals surface area contributed by atoms with Crippen molar-refractivity contribution in [3.63, 3.8) is 0 Å². The van der Waals surface area contributed by atoms with Crippen LogP contribution in [-0.2, 0) is 0 Å². The summed E-state index contributed by atoms with van der Waals surface area (Å²) in [5, 5.41) is 20.9. The second kappa shape index (κ2) is 6.28. The van der Waals surface area contributed by atoms with Crippen LogP contribution in [-0.4, -0.2) is 22.1 Å². The van der Waals surface area contributed by atoms with Gasteiger partial charge in [0, 0.05) is 14.5 Å². The van der Waals surface area contributed by atoms with E-state index in [2.05, 4.69) is 37.2 Å². The van der Waals surface area contributed by atoms with Crippen LogP contribution in [0.15, 0.2) is 45.3 Å². The first-order valence-corrected chi connectivity index (χ1v) is 7.29. The summed E-state index contributed by atoms with van der Waals surface area (Å²) in [5.41, 5.74) is 0.291. The number of aromatic hydroxyl groups is 1. The van der Waals surface area contributed by atoms with Gasteiger partial charge in [-0.15, -0.1) is 0 Å². The Morgan fingerprint density at radius 1 is 1.00 bits per heavy atom. The van der Waals surface area contributed by atoms with Gasteiger partial charge in [-0.2, -0.15) is 0 Å². The highest BCUT2D eigenvalue weighted by Crippen LogP contribution is 2.24. The summed E-state index contributed by atoms with van der Waals surface area (Å²) < 4.78 is 1.43. The summed E-state index contributed by atoms with van der Waals surface area (Å²) in [5.74, 6) is -1.88.